The Morgan fingerprint density at radius 1 is 1.50 bits per heavy atom. The van der Waals surface area contributed by atoms with Gasteiger partial charge in [0.05, 0.1) is 22.6 Å². The van der Waals surface area contributed by atoms with Crippen LogP contribution in [0.4, 0.5) is 4.39 Å². The molecule has 2 atom stereocenters. The highest BCUT2D eigenvalue weighted by molar-refractivity contribution is 7.89. The van der Waals surface area contributed by atoms with Gasteiger partial charge in [-0.2, -0.15) is 0 Å². The highest BCUT2D eigenvalue weighted by Crippen LogP contribution is 2.16. The summed E-state index contributed by atoms with van der Waals surface area (Å²) in [5.74, 6) is -1.54. The number of hydrogen-bond acceptors (Lipinski definition) is 4. The lowest BCUT2D eigenvalue weighted by Crippen LogP contribution is -2.39. The summed E-state index contributed by atoms with van der Waals surface area (Å²) in [5, 5.41) is 7.55. The fourth-order valence-electron chi connectivity index (χ4n) is 2.02. The average molecular weight is 302 g/mol. The van der Waals surface area contributed by atoms with Gasteiger partial charge in [0.2, 0.25) is 10.0 Å². The van der Waals surface area contributed by atoms with Gasteiger partial charge in [0.25, 0.3) is 5.91 Å². The maximum atomic E-state index is 13.8. The number of hydrogen-bond donors (Lipinski definition) is 2. The van der Waals surface area contributed by atoms with Crippen LogP contribution >= 0.6 is 0 Å². The van der Waals surface area contributed by atoms with Gasteiger partial charge in [0.15, 0.2) is 0 Å². The minimum atomic E-state index is -3.99. The molecule has 1 aromatic carbocycles. The van der Waals surface area contributed by atoms with E-state index in [4.69, 9.17) is 9.88 Å². The third kappa shape index (κ3) is 3.14. The first-order valence-electron chi connectivity index (χ1n) is 6.04. The summed E-state index contributed by atoms with van der Waals surface area (Å²) >= 11 is 0. The van der Waals surface area contributed by atoms with E-state index in [2.05, 4.69) is 5.32 Å². The van der Waals surface area contributed by atoms with E-state index in [1.54, 1.807) is 0 Å². The number of carbonyl (C=O) groups excluding carboxylic acids is 1. The van der Waals surface area contributed by atoms with E-state index in [-0.39, 0.29) is 22.6 Å². The lowest BCUT2D eigenvalue weighted by atomic mass is 10.1. The zero-order valence-electron chi connectivity index (χ0n) is 10.8. The molecule has 0 aliphatic carbocycles. The summed E-state index contributed by atoms with van der Waals surface area (Å²) in [6, 6.07) is 2.76. The van der Waals surface area contributed by atoms with E-state index in [0.29, 0.717) is 13.0 Å². The fraction of sp³-hybridized carbons (Fsp3) is 0.417. The number of amides is 1. The van der Waals surface area contributed by atoms with Gasteiger partial charge in [0, 0.05) is 6.61 Å². The van der Waals surface area contributed by atoms with Crippen molar-refractivity contribution in [1.82, 2.24) is 5.32 Å². The Labute approximate surface area is 116 Å². The Hall–Kier alpha value is -1.51. The largest absolute Gasteiger partial charge is 0.376 e. The second kappa shape index (κ2) is 5.47. The number of rotatable bonds is 3. The minimum Gasteiger partial charge on any atom is -0.376 e. The number of sulfonamides is 1. The molecule has 20 heavy (non-hydrogen) atoms. The predicted molar refractivity (Wildman–Crippen MR) is 69.1 cm³/mol. The minimum absolute atomic E-state index is 0.134. The van der Waals surface area contributed by atoms with Gasteiger partial charge < -0.3 is 10.1 Å². The fourth-order valence-corrected chi connectivity index (χ4v) is 2.55. The number of ether oxygens (including phenoxy) is 1. The third-order valence-corrected chi connectivity index (χ3v) is 4.12. The second-order valence-electron chi connectivity index (χ2n) is 4.63. The molecule has 0 bridgehead atoms. The van der Waals surface area contributed by atoms with Crippen molar-refractivity contribution in [3.8, 4) is 0 Å². The van der Waals surface area contributed by atoms with E-state index in [1.807, 2.05) is 6.92 Å². The van der Waals surface area contributed by atoms with E-state index in [9.17, 15) is 17.6 Å². The number of carbonyl (C=O) groups is 1. The van der Waals surface area contributed by atoms with Crippen LogP contribution in [-0.4, -0.2) is 33.1 Å². The van der Waals surface area contributed by atoms with Crippen LogP contribution in [0.15, 0.2) is 23.1 Å². The predicted octanol–water partition coefficient (Wildman–Crippen LogP) is 0.380. The Balaban J connectivity index is 2.18. The first kappa shape index (κ1) is 14.9. The van der Waals surface area contributed by atoms with Crippen molar-refractivity contribution >= 4 is 15.9 Å². The van der Waals surface area contributed by atoms with Crippen LogP contribution in [0.5, 0.6) is 0 Å². The molecule has 1 aliphatic rings. The molecule has 0 saturated carbocycles. The van der Waals surface area contributed by atoms with Crippen LogP contribution in [0, 0.1) is 5.82 Å². The van der Waals surface area contributed by atoms with Crippen LogP contribution in [0.2, 0.25) is 0 Å². The van der Waals surface area contributed by atoms with Gasteiger partial charge in [-0.3, -0.25) is 4.79 Å². The topological polar surface area (TPSA) is 98.5 Å². The standard InChI is InChI=1S/C12H15FN2O4S/c1-7-11(4-5-19-7)15-12(16)9-3-2-8(6-10(9)13)20(14,17)18/h2-3,6-7,11H,4-5H2,1H3,(H,15,16)(H2,14,17,18). The summed E-state index contributed by atoms with van der Waals surface area (Å²) in [6.45, 7) is 2.36. The van der Waals surface area contributed by atoms with Crippen LogP contribution in [0.1, 0.15) is 23.7 Å². The maximum absolute atomic E-state index is 13.8. The van der Waals surface area contributed by atoms with E-state index < -0.39 is 21.7 Å². The Bertz CT molecular complexity index is 632. The van der Waals surface area contributed by atoms with Gasteiger partial charge >= 0.3 is 0 Å². The van der Waals surface area contributed by atoms with E-state index >= 15 is 0 Å². The molecule has 3 N–H and O–H groups in total. The molecule has 6 nitrogen and oxygen atoms in total. The van der Waals surface area contributed by atoms with Gasteiger partial charge in [-0.05, 0) is 31.5 Å². The van der Waals surface area contributed by atoms with Crippen molar-refractivity contribution in [3.63, 3.8) is 0 Å². The monoisotopic (exact) mass is 302 g/mol. The Morgan fingerprint density at radius 3 is 2.70 bits per heavy atom. The first-order valence-corrected chi connectivity index (χ1v) is 7.58. The molecule has 2 unspecified atom stereocenters. The molecule has 0 spiro atoms. The SMILES string of the molecule is CC1OCCC1NC(=O)c1ccc(S(N)(=O)=O)cc1F. The summed E-state index contributed by atoms with van der Waals surface area (Å²) in [4.78, 5) is 11.6. The smallest absolute Gasteiger partial charge is 0.254 e. The Kier molecular flexibility index (Phi) is 4.07. The molecule has 1 aromatic rings. The van der Waals surface area contributed by atoms with Crippen molar-refractivity contribution in [3.05, 3.63) is 29.6 Å². The zero-order chi connectivity index (χ0) is 14.9. The van der Waals surface area contributed by atoms with Crippen molar-refractivity contribution in [1.29, 1.82) is 0 Å². The first-order chi connectivity index (χ1) is 9.29. The van der Waals surface area contributed by atoms with Gasteiger partial charge in [0.1, 0.15) is 5.82 Å². The molecule has 1 heterocycles. The van der Waals surface area contributed by atoms with Gasteiger partial charge in [-0.15, -0.1) is 0 Å². The molecule has 1 fully saturated rings. The number of primary sulfonamides is 1. The molecule has 2 rings (SSSR count). The van der Waals surface area contributed by atoms with Crippen LogP contribution in [0.3, 0.4) is 0 Å². The number of benzene rings is 1. The maximum Gasteiger partial charge on any atom is 0.254 e. The molecule has 0 radical (unpaired) electrons. The molecule has 1 aliphatic heterocycles. The summed E-state index contributed by atoms with van der Waals surface area (Å²) in [6.07, 6.45) is 0.523. The Morgan fingerprint density at radius 2 is 2.20 bits per heavy atom. The molecule has 1 amide bonds. The van der Waals surface area contributed by atoms with Crippen LogP contribution in [0.25, 0.3) is 0 Å². The molecular weight excluding hydrogens is 287 g/mol. The van der Waals surface area contributed by atoms with Crippen LogP contribution < -0.4 is 10.5 Å². The summed E-state index contributed by atoms with van der Waals surface area (Å²) < 4.78 is 41.2. The van der Waals surface area contributed by atoms with Crippen molar-refractivity contribution in [2.75, 3.05) is 6.61 Å². The van der Waals surface area contributed by atoms with Crippen molar-refractivity contribution in [2.45, 2.75) is 30.4 Å². The zero-order valence-corrected chi connectivity index (χ0v) is 11.6. The molecule has 1 saturated heterocycles. The lowest BCUT2D eigenvalue weighted by Gasteiger charge is -2.16. The molecule has 110 valence electrons. The third-order valence-electron chi connectivity index (χ3n) is 3.21. The highest BCUT2D eigenvalue weighted by Gasteiger charge is 2.27. The number of nitrogens with one attached hydrogen (secondary N) is 1. The second-order valence-corrected chi connectivity index (χ2v) is 6.19. The van der Waals surface area contributed by atoms with Crippen molar-refractivity contribution in [2.24, 2.45) is 5.14 Å². The van der Waals surface area contributed by atoms with E-state index in [1.165, 1.54) is 0 Å². The number of halogens is 1. The van der Waals surface area contributed by atoms with Crippen LogP contribution in [-0.2, 0) is 14.8 Å². The highest BCUT2D eigenvalue weighted by atomic mass is 32.2. The van der Waals surface area contributed by atoms with Gasteiger partial charge in [-0.1, -0.05) is 0 Å². The quantitative estimate of drug-likeness (QED) is 0.843. The van der Waals surface area contributed by atoms with Gasteiger partial charge in [-0.25, -0.2) is 17.9 Å². The lowest BCUT2D eigenvalue weighted by molar-refractivity contribution is 0.0862. The molecule has 0 aromatic heterocycles. The summed E-state index contributed by atoms with van der Waals surface area (Å²) in [5.41, 5.74) is -0.225. The number of nitrogens with two attached hydrogens (primary N) is 1. The average Bonchev–Trinajstić information content (AvgIpc) is 2.73. The molecular formula is C12H15FN2O4S. The molecule has 8 heteroatoms. The summed E-state index contributed by atoms with van der Waals surface area (Å²) in [7, 11) is -3.99. The normalized spacial score (nSPS) is 22.8. The van der Waals surface area contributed by atoms with Crippen molar-refractivity contribution < 1.29 is 22.3 Å². The van der Waals surface area contributed by atoms with E-state index in [0.717, 1.165) is 18.2 Å².